The van der Waals surface area contributed by atoms with Crippen molar-refractivity contribution < 1.29 is 4.74 Å². The number of hydrogen-bond donors (Lipinski definition) is 1. The third-order valence-corrected chi connectivity index (χ3v) is 2.94. The number of anilines is 1. The lowest BCUT2D eigenvalue weighted by atomic mass is 10.2. The Balaban J connectivity index is 2.09. The first-order valence-electron chi connectivity index (χ1n) is 5.53. The number of nitrogens with zero attached hydrogens (tertiary/aromatic N) is 3. The summed E-state index contributed by atoms with van der Waals surface area (Å²) in [5.41, 5.74) is 6.34. The second-order valence-corrected chi connectivity index (χ2v) is 4.19. The highest BCUT2D eigenvalue weighted by molar-refractivity contribution is 6.34. The lowest BCUT2D eigenvalue weighted by molar-refractivity contribution is 0.466. The van der Waals surface area contributed by atoms with Gasteiger partial charge in [-0.1, -0.05) is 29.8 Å². The van der Waals surface area contributed by atoms with Gasteiger partial charge in [-0.05, 0) is 12.1 Å². The summed E-state index contributed by atoms with van der Waals surface area (Å²) in [5, 5.41) is 1.16. The van der Waals surface area contributed by atoms with Gasteiger partial charge >= 0.3 is 0 Å². The molecule has 6 heteroatoms. The molecule has 2 heterocycles. The standard InChI is InChI=1S/C13H9ClN4O/c14-10-12(15)17-7-18-13(10)19-9-5-1-3-8-4-2-6-16-11(8)9/h1-7H,(H2,15,17,18). The molecule has 0 radical (unpaired) electrons. The van der Waals surface area contributed by atoms with Crippen LogP contribution in [0.1, 0.15) is 0 Å². The first-order valence-corrected chi connectivity index (χ1v) is 5.91. The highest BCUT2D eigenvalue weighted by atomic mass is 35.5. The molecule has 0 aliphatic rings. The predicted molar refractivity (Wildman–Crippen MR) is 73.3 cm³/mol. The number of halogens is 1. The zero-order valence-electron chi connectivity index (χ0n) is 9.75. The summed E-state index contributed by atoms with van der Waals surface area (Å²) >= 11 is 6.00. The fourth-order valence-corrected chi connectivity index (χ4v) is 1.84. The fraction of sp³-hybridized carbons (Fsp3) is 0. The van der Waals surface area contributed by atoms with Crippen LogP contribution in [0, 0.1) is 0 Å². The molecule has 0 unspecified atom stereocenters. The molecule has 0 amide bonds. The van der Waals surface area contributed by atoms with Crippen molar-refractivity contribution in [2.24, 2.45) is 0 Å². The Morgan fingerprint density at radius 2 is 1.89 bits per heavy atom. The maximum Gasteiger partial charge on any atom is 0.243 e. The van der Waals surface area contributed by atoms with Gasteiger partial charge in [0.2, 0.25) is 5.88 Å². The summed E-state index contributed by atoms with van der Waals surface area (Å²) in [6.45, 7) is 0. The second-order valence-electron chi connectivity index (χ2n) is 3.81. The quantitative estimate of drug-likeness (QED) is 0.776. The van der Waals surface area contributed by atoms with Crippen molar-refractivity contribution in [2.45, 2.75) is 0 Å². The van der Waals surface area contributed by atoms with Crippen molar-refractivity contribution in [1.29, 1.82) is 0 Å². The average molecular weight is 273 g/mol. The Hall–Kier alpha value is -2.40. The molecule has 0 saturated carbocycles. The van der Waals surface area contributed by atoms with Gasteiger partial charge in [0.25, 0.3) is 0 Å². The largest absolute Gasteiger partial charge is 0.435 e. The number of nitrogen functional groups attached to an aromatic ring is 1. The fourth-order valence-electron chi connectivity index (χ4n) is 1.70. The number of nitrogens with two attached hydrogens (primary N) is 1. The number of benzene rings is 1. The third-order valence-electron chi connectivity index (χ3n) is 2.59. The molecule has 0 aliphatic carbocycles. The lowest BCUT2D eigenvalue weighted by Gasteiger charge is -2.08. The van der Waals surface area contributed by atoms with Gasteiger partial charge in [0.1, 0.15) is 22.7 Å². The first kappa shape index (κ1) is 11.7. The summed E-state index contributed by atoms with van der Waals surface area (Å²) in [7, 11) is 0. The van der Waals surface area contributed by atoms with Crippen molar-refractivity contribution in [3.63, 3.8) is 0 Å². The van der Waals surface area contributed by atoms with Crippen molar-refractivity contribution in [3.8, 4) is 11.6 Å². The molecule has 0 spiro atoms. The van der Waals surface area contributed by atoms with E-state index in [9.17, 15) is 0 Å². The summed E-state index contributed by atoms with van der Waals surface area (Å²) in [4.78, 5) is 12.0. The van der Waals surface area contributed by atoms with Crippen LogP contribution in [0.25, 0.3) is 10.9 Å². The minimum atomic E-state index is 0.180. The van der Waals surface area contributed by atoms with E-state index < -0.39 is 0 Å². The van der Waals surface area contributed by atoms with Crippen LogP contribution in [-0.4, -0.2) is 15.0 Å². The maximum absolute atomic E-state index is 6.00. The molecule has 1 aromatic carbocycles. The summed E-state index contributed by atoms with van der Waals surface area (Å²) in [6, 6.07) is 9.43. The van der Waals surface area contributed by atoms with Gasteiger partial charge in [-0.3, -0.25) is 4.98 Å². The molecule has 0 bridgehead atoms. The molecule has 2 aromatic heterocycles. The van der Waals surface area contributed by atoms with Crippen molar-refractivity contribution in [3.05, 3.63) is 47.9 Å². The highest BCUT2D eigenvalue weighted by Crippen LogP contribution is 2.32. The molecule has 0 aliphatic heterocycles. The Bertz CT molecular complexity index is 742. The van der Waals surface area contributed by atoms with E-state index in [1.165, 1.54) is 6.33 Å². The van der Waals surface area contributed by atoms with E-state index in [1.54, 1.807) is 12.3 Å². The molecule has 19 heavy (non-hydrogen) atoms. The van der Waals surface area contributed by atoms with Crippen molar-refractivity contribution >= 4 is 28.3 Å². The molecule has 2 N–H and O–H groups in total. The number of aromatic nitrogens is 3. The molecule has 0 saturated heterocycles. The minimum Gasteiger partial charge on any atom is -0.435 e. The SMILES string of the molecule is Nc1ncnc(Oc2cccc3cccnc23)c1Cl. The normalized spacial score (nSPS) is 10.6. The van der Waals surface area contributed by atoms with Crippen LogP contribution < -0.4 is 10.5 Å². The monoisotopic (exact) mass is 272 g/mol. The van der Waals surface area contributed by atoms with Crippen LogP contribution in [0.5, 0.6) is 11.6 Å². The Labute approximate surface area is 114 Å². The molecule has 3 aromatic rings. The summed E-state index contributed by atoms with van der Waals surface area (Å²) in [6.07, 6.45) is 3.00. The van der Waals surface area contributed by atoms with E-state index >= 15 is 0 Å². The van der Waals surface area contributed by atoms with Crippen LogP contribution in [0.3, 0.4) is 0 Å². The van der Waals surface area contributed by atoms with Gasteiger partial charge < -0.3 is 10.5 Å². The van der Waals surface area contributed by atoms with Gasteiger partial charge in [-0.15, -0.1) is 0 Å². The van der Waals surface area contributed by atoms with E-state index in [4.69, 9.17) is 22.1 Å². The number of fused-ring (bicyclic) bond motifs is 1. The zero-order valence-corrected chi connectivity index (χ0v) is 10.5. The Morgan fingerprint density at radius 1 is 1.05 bits per heavy atom. The number of rotatable bonds is 2. The van der Waals surface area contributed by atoms with E-state index in [0.29, 0.717) is 5.75 Å². The zero-order chi connectivity index (χ0) is 13.2. The van der Waals surface area contributed by atoms with E-state index in [0.717, 1.165) is 10.9 Å². The number of para-hydroxylation sites is 1. The van der Waals surface area contributed by atoms with Crippen LogP contribution in [-0.2, 0) is 0 Å². The number of hydrogen-bond acceptors (Lipinski definition) is 5. The smallest absolute Gasteiger partial charge is 0.243 e. The molecular weight excluding hydrogens is 264 g/mol. The summed E-state index contributed by atoms with van der Waals surface area (Å²) < 4.78 is 5.68. The average Bonchev–Trinajstić information content (AvgIpc) is 2.44. The highest BCUT2D eigenvalue weighted by Gasteiger charge is 2.11. The van der Waals surface area contributed by atoms with Crippen LogP contribution in [0.2, 0.25) is 5.02 Å². The van der Waals surface area contributed by atoms with E-state index in [2.05, 4.69) is 15.0 Å². The predicted octanol–water partition coefficient (Wildman–Crippen LogP) is 3.05. The molecule has 5 nitrogen and oxygen atoms in total. The van der Waals surface area contributed by atoms with Crippen LogP contribution in [0.4, 0.5) is 5.82 Å². The topological polar surface area (TPSA) is 73.9 Å². The van der Waals surface area contributed by atoms with Crippen LogP contribution in [0.15, 0.2) is 42.9 Å². The second kappa shape index (κ2) is 4.70. The van der Waals surface area contributed by atoms with E-state index in [1.807, 2.05) is 24.3 Å². The van der Waals surface area contributed by atoms with Crippen LogP contribution >= 0.6 is 11.6 Å². The van der Waals surface area contributed by atoms with Crippen molar-refractivity contribution in [2.75, 3.05) is 5.73 Å². The molecule has 0 fully saturated rings. The number of pyridine rings is 1. The lowest BCUT2D eigenvalue weighted by Crippen LogP contribution is -1.97. The van der Waals surface area contributed by atoms with Crippen molar-refractivity contribution in [1.82, 2.24) is 15.0 Å². The number of ether oxygens (including phenoxy) is 1. The van der Waals surface area contributed by atoms with E-state index in [-0.39, 0.29) is 16.7 Å². The van der Waals surface area contributed by atoms with Gasteiger partial charge in [-0.25, -0.2) is 4.98 Å². The molecule has 0 atom stereocenters. The van der Waals surface area contributed by atoms with Gasteiger partial charge in [0, 0.05) is 11.6 Å². The maximum atomic E-state index is 6.00. The van der Waals surface area contributed by atoms with Gasteiger partial charge in [-0.2, -0.15) is 4.98 Å². The third kappa shape index (κ3) is 2.15. The Morgan fingerprint density at radius 3 is 2.79 bits per heavy atom. The molecular formula is C13H9ClN4O. The molecule has 3 rings (SSSR count). The first-order chi connectivity index (χ1) is 9.25. The summed E-state index contributed by atoms with van der Waals surface area (Å²) in [5.74, 6) is 0.963. The molecule has 94 valence electrons. The van der Waals surface area contributed by atoms with Gasteiger partial charge in [0.05, 0.1) is 0 Å². The minimum absolute atomic E-state index is 0.180. The Kier molecular flexibility index (Phi) is 2.89. The van der Waals surface area contributed by atoms with Gasteiger partial charge in [0.15, 0.2) is 5.75 Å².